The molecule has 0 heterocycles. The van der Waals surface area contributed by atoms with E-state index in [0.29, 0.717) is 5.41 Å². The predicted molar refractivity (Wildman–Crippen MR) is 108 cm³/mol. The maximum Gasteiger partial charge on any atom is -0.0276 e. The van der Waals surface area contributed by atoms with Crippen LogP contribution in [-0.2, 0) is 12.8 Å². The first-order chi connectivity index (χ1) is 11.3. The molecule has 0 aliphatic heterocycles. The molecule has 24 heavy (non-hydrogen) atoms. The van der Waals surface area contributed by atoms with Crippen molar-refractivity contribution in [2.75, 3.05) is 0 Å². The number of benzene rings is 1. The van der Waals surface area contributed by atoms with Gasteiger partial charge in [0.25, 0.3) is 0 Å². The standard InChI is InChI=1S/C24H40/c1-20-13-14-21(11-8-10-15-23(2,3)4)22(19-20)12-7-6-9-16-24(5)17-18-24/h13-14,19H,6-12,15-18H2,1-5H3. The van der Waals surface area contributed by atoms with E-state index in [4.69, 9.17) is 0 Å². The minimum absolute atomic E-state index is 0.480. The highest BCUT2D eigenvalue weighted by Gasteiger charge is 2.35. The summed E-state index contributed by atoms with van der Waals surface area (Å²) in [7, 11) is 0. The van der Waals surface area contributed by atoms with Gasteiger partial charge in [-0.15, -0.1) is 0 Å². The van der Waals surface area contributed by atoms with Crippen LogP contribution in [0.2, 0.25) is 0 Å². The first-order valence-corrected chi connectivity index (χ1v) is 10.4. The fourth-order valence-corrected chi connectivity index (χ4v) is 3.71. The van der Waals surface area contributed by atoms with Crippen molar-refractivity contribution in [1.29, 1.82) is 0 Å². The van der Waals surface area contributed by atoms with Gasteiger partial charge in [-0.25, -0.2) is 0 Å². The highest BCUT2D eigenvalue weighted by atomic mass is 14.4. The largest absolute Gasteiger partial charge is 0.0602 e. The van der Waals surface area contributed by atoms with Crippen LogP contribution < -0.4 is 0 Å². The van der Waals surface area contributed by atoms with Crippen molar-refractivity contribution < 1.29 is 0 Å². The average Bonchev–Trinajstić information content (AvgIpc) is 3.22. The van der Waals surface area contributed by atoms with Gasteiger partial charge in [0.05, 0.1) is 0 Å². The molecule has 1 aromatic carbocycles. The molecule has 1 saturated carbocycles. The van der Waals surface area contributed by atoms with Crippen molar-refractivity contribution in [1.82, 2.24) is 0 Å². The van der Waals surface area contributed by atoms with Gasteiger partial charge in [-0.1, -0.05) is 70.7 Å². The van der Waals surface area contributed by atoms with E-state index in [2.05, 4.69) is 52.8 Å². The molecule has 136 valence electrons. The molecule has 0 atom stereocenters. The molecule has 0 spiro atoms. The zero-order valence-corrected chi connectivity index (χ0v) is 17.0. The topological polar surface area (TPSA) is 0 Å². The molecule has 1 aliphatic rings. The molecule has 1 aliphatic carbocycles. The molecule has 0 amide bonds. The lowest BCUT2D eigenvalue weighted by Gasteiger charge is -2.18. The van der Waals surface area contributed by atoms with Gasteiger partial charge < -0.3 is 0 Å². The second-order valence-electron chi connectivity index (χ2n) is 9.91. The zero-order chi connectivity index (χ0) is 17.6. The number of hydrogen-bond acceptors (Lipinski definition) is 0. The lowest BCUT2D eigenvalue weighted by molar-refractivity contribution is 0.360. The van der Waals surface area contributed by atoms with Crippen LogP contribution in [0.3, 0.4) is 0 Å². The Labute approximate surface area is 151 Å². The van der Waals surface area contributed by atoms with Crippen LogP contribution >= 0.6 is 0 Å². The summed E-state index contributed by atoms with van der Waals surface area (Å²) in [6.45, 7) is 11.8. The van der Waals surface area contributed by atoms with Gasteiger partial charge in [-0.3, -0.25) is 0 Å². The van der Waals surface area contributed by atoms with Gasteiger partial charge in [0.2, 0.25) is 0 Å². The highest BCUT2D eigenvalue weighted by Crippen LogP contribution is 2.49. The maximum atomic E-state index is 2.46. The van der Waals surface area contributed by atoms with Gasteiger partial charge in [-0.05, 0) is 80.2 Å². The summed E-state index contributed by atoms with van der Waals surface area (Å²) in [5.41, 5.74) is 5.89. The molecule has 2 rings (SSSR count). The summed E-state index contributed by atoms with van der Waals surface area (Å²) < 4.78 is 0. The monoisotopic (exact) mass is 328 g/mol. The van der Waals surface area contributed by atoms with Crippen LogP contribution in [0.4, 0.5) is 0 Å². The maximum absolute atomic E-state index is 2.46. The molecule has 0 nitrogen and oxygen atoms in total. The van der Waals surface area contributed by atoms with Gasteiger partial charge in [0.15, 0.2) is 0 Å². The number of unbranched alkanes of at least 4 members (excludes halogenated alkanes) is 3. The van der Waals surface area contributed by atoms with Crippen molar-refractivity contribution in [2.24, 2.45) is 10.8 Å². The van der Waals surface area contributed by atoms with E-state index in [9.17, 15) is 0 Å². The Bertz CT molecular complexity index is 499. The first kappa shape index (κ1) is 19.5. The Hall–Kier alpha value is -0.780. The zero-order valence-electron chi connectivity index (χ0n) is 17.0. The Morgan fingerprint density at radius 1 is 0.875 bits per heavy atom. The quantitative estimate of drug-likeness (QED) is 0.387. The lowest BCUT2D eigenvalue weighted by Crippen LogP contribution is -2.04. The van der Waals surface area contributed by atoms with Crippen molar-refractivity contribution in [2.45, 2.75) is 105 Å². The molecular weight excluding hydrogens is 288 g/mol. The summed E-state index contributed by atoms with van der Waals surface area (Å²) in [6.07, 6.45) is 15.2. The molecule has 0 saturated heterocycles. The normalized spacial score (nSPS) is 16.4. The molecule has 1 fully saturated rings. The van der Waals surface area contributed by atoms with Gasteiger partial charge in [0.1, 0.15) is 0 Å². The second-order valence-corrected chi connectivity index (χ2v) is 9.91. The van der Waals surface area contributed by atoms with Crippen molar-refractivity contribution >= 4 is 0 Å². The highest BCUT2D eigenvalue weighted by molar-refractivity contribution is 5.31. The summed E-state index contributed by atoms with van der Waals surface area (Å²) in [5, 5.41) is 0. The Kier molecular flexibility index (Phi) is 6.96. The number of rotatable bonds is 10. The minimum atomic E-state index is 0.480. The molecule has 0 bridgehead atoms. The molecule has 0 radical (unpaired) electrons. The van der Waals surface area contributed by atoms with Crippen LogP contribution in [0.1, 0.15) is 102 Å². The molecular formula is C24H40. The molecule has 1 aromatic rings. The molecule has 0 unspecified atom stereocenters. The predicted octanol–water partition coefficient (Wildman–Crippen LogP) is 7.66. The van der Waals surface area contributed by atoms with Crippen LogP contribution in [0, 0.1) is 17.8 Å². The second kappa shape index (κ2) is 8.54. The molecule has 0 heteroatoms. The number of hydrogen-bond donors (Lipinski definition) is 0. The SMILES string of the molecule is Cc1ccc(CCCCC(C)(C)C)c(CCCCCC2(C)CC2)c1. The van der Waals surface area contributed by atoms with Gasteiger partial charge in [-0.2, -0.15) is 0 Å². The van der Waals surface area contributed by atoms with Gasteiger partial charge in [0, 0.05) is 0 Å². The summed E-state index contributed by atoms with van der Waals surface area (Å²) in [4.78, 5) is 0. The smallest absolute Gasteiger partial charge is 0.0276 e. The van der Waals surface area contributed by atoms with Crippen LogP contribution in [0.5, 0.6) is 0 Å². The van der Waals surface area contributed by atoms with E-state index < -0.39 is 0 Å². The van der Waals surface area contributed by atoms with E-state index in [1.165, 1.54) is 76.2 Å². The third-order valence-electron chi connectivity index (χ3n) is 5.81. The average molecular weight is 329 g/mol. The van der Waals surface area contributed by atoms with Crippen molar-refractivity contribution in [3.05, 3.63) is 34.9 Å². The minimum Gasteiger partial charge on any atom is -0.0602 e. The van der Waals surface area contributed by atoms with E-state index >= 15 is 0 Å². The van der Waals surface area contributed by atoms with Crippen molar-refractivity contribution in [3.63, 3.8) is 0 Å². The summed E-state index contributed by atoms with van der Waals surface area (Å²) in [6, 6.07) is 7.14. The Morgan fingerprint density at radius 3 is 2.21 bits per heavy atom. The molecule has 0 N–H and O–H groups in total. The third-order valence-corrected chi connectivity index (χ3v) is 5.81. The van der Waals surface area contributed by atoms with Crippen molar-refractivity contribution in [3.8, 4) is 0 Å². The number of aryl methyl sites for hydroxylation is 3. The van der Waals surface area contributed by atoms with Crippen LogP contribution in [0.15, 0.2) is 18.2 Å². The fourth-order valence-electron chi connectivity index (χ4n) is 3.71. The van der Waals surface area contributed by atoms with E-state index in [-0.39, 0.29) is 0 Å². The van der Waals surface area contributed by atoms with E-state index in [0.717, 1.165) is 5.41 Å². The van der Waals surface area contributed by atoms with Crippen LogP contribution in [0.25, 0.3) is 0 Å². The third kappa shape index (κ3) is 7.41. The summed E-state index contributed by atoms with van der Waals surface area (Å²) in [5.74, 6) is 0. The summed E-state index contributed by atoms with van der Waals surface area (Å²) >= 11 is 0. The lowest BCUT2D eigenvalue weighted by atomic mass is 9.88. The fraction of sp³-hybridized carbons (Fsp3) is 0.750. The Morgan fingerprint density at radius 2 is 1.54 bits per heavy atom. The van der Waals surface area contributed by atoms with Crippen LogP contribution in [-0.4, -0.2) is 0 Å². The van der Waals surface area contributed by atoms with E-state index in [1.54, 1.807) is 11.1 Å². The van der Waals surface area contributed by atoms with E-state index in [1.807, 2.05) is 0 Å². The first-order valence-electron chi connectivity index (χ1n) is 10.4. The molecule has 0 aromatic heterocycles. The Balaban J connectivity index is 1.74. The van der Waals surface area contributed by atoms with Gasteiger partial charge >= 0.3 is 0 Å².